The lowest BCUT2D eigenvalue weighted by Gasteiger charge is -2.30. The topological polar surface area (TPSA) is 82.4 Å². The molecule has 0 amide bonds. The number of carbonyl (C=O) groups is 1. The maximum Gasteiger partial charge on any atom is 0.306 e. The predicted molar refractivity (Wildman–Crippen MR) is 168 cm³/mol. The maximum absolute atomic E-state index is 13.1. The molecule has 8 nitrogen and oxygen atoms in total. The Morgan fingerprint density at radius 2 is 2.07 bits per heavy atom. The van der Waals surface area contributed by atoms with Gasteiger partial charge in [-0.2, -0.15) is 0 Å². The molecular weight excluding hydrogens is 562 g/mol. The van der Waals surface area contributed by atoms with Gasteiger partial charge < -0.3 is 9.47 Å². The summed E-state index contributed by atoms with van der Waals surface area (Å²) in [5.74, 6) is 0.420. The van der Waals surface area contributed by atoms with Gasteiger partial charge in [0.15, 0.2) is 0 Å². The van der Waals surface area contributed by atoms with Crippen LogP contribution >= 0.6 is 11.6 Å². The number of aryl methyl sites for hydroxylation is 3. The van der Waals surface area contributed by atoms with Crippen molar-refractivity contribution in [3.05, 3.63) is 80.6 Å². The standard InChI is InChI=1S/C34H40ClN5O3/c1-6-25-19-40(21(4)33-30(43-25)12-9-13-36-33)18-24-15-23(14-22-10-8-11-26(22)24)28(17-31(41)42-7-2)27-16-29(35)34-32(20(27)3)37-38-39(34)5/h9,12-16,21,25,28H,6-8,10-11,17-19H2,1-5H3/t21-,25+,28-/m0/s1. The molecule has 3 heterocycles. The van der Waals surface area contributed by atoms with Crippen molar-refractivity contribution in [1.82, 2.24) is 24.9 Å². The van der Waals surface area contributed by atoms with E-state index >= 15 is 0 Å². The molecule has 2 aromatic carbocycles. The molecule has 0 saturated heterocycles. The molecule has 226 valence electrons. The van der Waals surface area contributed by atoms with Crippen molar-refractivity contribution in [2.45, 2.75) is 84.4 Å². The average Bonchev–Trinajstić information content (AvgIpc) is 3.61. The molecule has 0 radical (unpaired) electrons. The van der Waals surface area contributed by atoms with E-state index in [4.69, 9.17) is 26.1 Å². The maximum atomic E-state index is 13.1. The minimum atomic E-state index is -0.233. The minimum absolute atomic E-state index is 0.0872. The fraction of sp³-hybridized carbons (Fsp3) is 0.471. The summed E-state index contributed by atoms with van der Waals surface area (Å²) in [7, 11) is 1.84. The summed E-state index contributed by atoms with van der Waals surface area (Å²) >= 11 is 6.82. The smallest absolute Gasteiger partial charge is 0.306 e. The zero-order valence-corrected chi connectivity index (χ0v) is 26.4. The number of ether oxygens (including phenoxy) is 2. The lowest BCUT2D eigenvalue weighted by molar-refractivity contribution is -0.143. The van der Waals surface area contributed by atoms with Crippen molar-refractivity contribution in [2.24, 2.45) is 7.05 Å². The zero-order valence-electron chi connectivity index (χ0n) is 25.7. The first-order valence-electron chi connectivity index (χ1n) is 15.4. The van der Waals surface area contributed by atoms with Crippen LogP contribution in [0.5, 0.6) is 5.75 Å². The van der Waals surface area contributed by atoms with Gasteiger partial charge in [-0.25, -0.2) is 4.68 Å². The van der Waals surface area contributed by atoms with Gasteiger partial charge in [0.2, 0.25) is 0 Å². The van der Waals surface area contributed by atoms with Crippen LogP contribution in [0.4, 0.5) is 0 Å². The lowest BCUT2D eigenvalue weighted by Crippen LogP contribution is -2.34. The number of nitrogens with zero attached hydrogens (tertiary/aromatic N) is 5. The molecule has 9 heteroatoms. The Kier molecular flexibility index (Phi) is 8.42. The summed E-state index contributed by atoms with van der Waals surface area (Å²) in [5, 5.41) is 9.22. The van der Waals surface area contributed by atoms with Crippen LogP contribution in [0.1, 0.15) is 91.1 Å². The number of halogens is 1. The second kappa shape index (κ2) is 12.2. The molecule has 3 atom stereocenters. The first-order valence-corrected chi connectivity index (χ1v) is 15.8. The molecule has 6 rings (SSSR count). The Morgan fingerprint density at radius 1 is 1.23 bits per heavy atom. The summed E-state index contributed by atoms with van der Waals surface area (Å²) in [4.78, 5) is 20.3. The molecule has 2 aromatic heterocycles. The van der Waals surface area contributed by atoms with Gasteiger partial charge in [-0.15, -0.1) is 5.10 Å². The van der Waals surface area contributed by atoms with Crippen LogP contribution in [0.15, 0.2) is 36.5 Å². The summed E-state index contributed by atoms with van der Waals surface area (Å²) in [5.41, 5.74) is 9.72. The van der Waals surface area contributed by atoms with E-state index < -0.39 is 0 Å². The second-order valence-electron chi connectivity index (χ2n) is 11.9. The third-order valence-corrected chi connectivity index (χ3v) is 9.50. The van der Waals surface area contributed by atoms with E-state index in [1.165, 1.54) is 16.7 Å². The van der Waals surface area contributed by atoms with Crippen LogP contribution in [0.25, 0.3) is 11.0 Å². The van der Waals surface area contributed by atoms with E-state index in [-0.39, 0.29) is 30.5 Å². The van der Waals surface area contributed by atoms with Crippen molar-refractivity contribution in [1.29, 1.82) is 0 Å². The first kappa shape index (κ1) is 29.6. The number of hydrogen-bond acceptors (Lipinski definition) is 7. The molecule has 2 aliphatic rings. The molecule has 0 saturated carbocycles. The number of benzene rings is 2. The van der Waals surface area contributed by atoms with Crippen LogP contribution in [0.2, 0.25) is 5.02 Å². The molecule has 0 unspecified atom stereocenters. The van der Waals surface area contributed by atoms with Crippen LogP contribution in [0.3, 0.4) is 0 Å². The van der Waals surface area contributed by atoms with Crippen LogP contribution in [-0.2, 0) is 36.0 Å². The normalized spacial score (nSPS) is 19.0. The minimum Gasteiger partial charge on any atom is -0.487 e. The highest BCUT2D eigenvalue weighted by molar-refractivity contribution is 6.35. The van der Waals surface area contributed by atoms with E-state index in [1.807, 2.05) is 45.3 Å². The molecule has 43 heavy (non-hydrogen) atoms. The highest BCUT2D eigenvalue weighted by Gasteiger charge is 2.31. The number of hydrogen-bond donors (Lipinski definition) is 0. The van der Waals surface area contributed by atoms with Crippen molar-refractivity contribution in [3.8, 4) is 5.75 Å². The number of fused-ring (bicyclic) bond motifs is 3. The third-order valence-electron chi connectivity index (χ3n) is 9.21. The van der Waals surface area contributed by atoms with E-state index in [2.05, 4.69) is 41.2 Å². The summed E-state index contributed by atoms with van der Waals surface area (Å²) < 4.78 is 13.6. The quantitative estimate of drug-likeness (QED) is 0.210. The molecule has 0 N–H and O–H groups in total. The Labute approximate surface area is 258 Å². The predicted octanol–water partition coefficient (Wildman–Crippen LogP) is 6.63. The van der Waals surface area contributed by atoms with Gasteiger partial charge in [-0.3, -0.25) is 14.7 Å². The number of aromatic nitrogens is 4. The van der Waals surface area contributed by atoms with Gasteiger partial charge in [0, 0.05) is 32.3 Å². The van der Waals surface area contributed by atoms with E-state index in [0.29, 0.717) is 11.6 Å². The number of rotatable bonds is 8. The monoisotopic (exact) mass is 601 g/mol. The highest BCUT2D eigenvalue weighted by Crippen LogP contribution is 2.40. The molecule has 0 spiro atoms. The van der Waals surface area contributed by atoms with Gasteiger partial charge in [-0.1, -0.05) is 35.9 Å². The van der Waals surface area contributed by atoms with Crippen LogP contribution in [-0.4, -0.2) is 50.1 Å². The van der Waals surface area contributed by atoms with E-state index in [1.54, 1.807) is 4.68 Å². The summed E-state index contributed by atoms with van der Waals surface area (Å²) in [6.07, 6.45) is 6.30. The summed E-state index contributed by atoms with van der Waals surface area (Å²) in [6.45, 7) is 10.2. The third kappa shape index (κ3) is 5.63. The van der Waals surface area contributed by atoms with Crippen molar-refractivity contribution >= 4 is 28.6 Å². The first-order chi connectivity index (χ1) is 20.8. The Hall–Kier alpha value is -3.49. The molecule has 1 aliphatic carbocycles. The fourth-order valence-electron chi connectivity index (χ4n) is 6.91. The number of esters is 1. The summed E-state index contributed by atoms with van der Waals surface area (Å²) in [6, 6.07) is 10.7. The Balaban J connectivity index is 1.44. The highest BCUT2D eigenvalue weighted by atomic mass is 35.5. The zero-order chi connectivity index (χ0) is 30.2. The number of carbonyl (C=O) groups excluding carboxylic acids is 1. The molecule has 0 fully saturated rings. The molecule has 0 bridgehead atoms. The van der Waals surface area contributed by atoms with Gasteiger partial charge in [-0.05, 0) is 98.0 Å². The Bertz CT molecular complexity index is 1670. The van der Waals surface area contributed by atoms with Crippen molar-refractivity contribution < 1.29 is 14.3 Å². The lowest BCUT2D eigenvalue weighted by atomic mass is 9.83. The van der Waals surface area contributed by atoms with Gasteiger partial charge in [0.25, 0.3) is 0 Å². The van der Waals surface area contributed by atoms with Gasteiger partial charge >= 0.3 is 5.97 Å². The van der Waals surface area contributed by atoms with Crippen molar-refractivity contribution in [2.75, 3.05) is 13.2 Å². The second-order valence-corrected chi connectivity index (χ2v) is 12.3. The fourth-order valence-corrected chi connectivity index (χ4v) is 7.24. The molecule has 4 aromatic rings. The largest absolute Gasteiger partial charge is 0.487 e. The van der Waals surface area contributed by atoms with Crippen molar-refractivity contribution in [3.63, 3.8) is 0 Å². The Morgan fingerprint density at radius 3 is 2.86 bits per heavy atom. The van der Waals surface area contributed by atoms with E-state index in [0.717, 1.165) is 77.9 Å². The average molecular weight is 602 g/mol. The SMILES string of the molecule is CCOC(=O)C[C@@H](c1cc2c(c(CN3C[C@@H](CC)Oc4cccnc4[C@@H]3C)c1)CCC2)c1cc(Cl)c2c(nnn2C)c1C. The number of pyridine rings is 1. The molecule has 1 aliphatic heterocycles. The van der Waals surface area contributed by atoms with E-state index in [9.17, 15) is 4.79 Å². The molecular formula is C34H40ClN5O3. The van der Waals surface area contributed by atoms with Gasteiger partial charge in [0.05, 0.1) is 29.8 Å². The van der Waals surface area contributed by atoms with Gasteiger partial charge in [0.1, 0.15) is 22.9 Å². The van der Waals surface area contributed by atoms with Crippen LogP contribution in [0, 0.1) is 6.92 Å². The van der Waals surface area contributed by atoms with Crippen LogP contribution < -0.4 is 4.74 Å².